The summed E-state index contributed by atoms with van der Waals surface area (Å²) in [5.41, 5.74) is 4.57. The highest BCUT2D eigenvalue weighted by atomic mass is 35.5. The van der Waals surface area contributed by atoms with Gasteiger partial charge in [-0.3, -0.25) is 0 Å². The van der Waals surface area contributed by atoms with E-state index in [-0.39, 0.29) is 10.4 Å². The van der Waals surface area contributed by atoms with Crippen molar-refractivity contribution in [1.82, 2.24) is 0 Å². The average molecular weight is 304 g/mol. The molecule has 0 heterocycles. The third kappa shape index (κ3) is 2.32. The zero-order chi connectivity index (χ0) is 15.2. The summed E-state index contributed by atoms with van der Waals surface area (Å²) in [5, 5.41) is 12.6. The minimum Gasteiger partial charge on any atom is -0.411 e. The molecule has 2 aromatic carbocycles. The summed E-state index contributed by atoms with van der Waals surface area (Å²) < 4.78 is 13.3. The van der Waals surface area contributed by atoms with Crippen molar-refractivity contribution in [3.8, 4) is 11.1 Å². The Bertz CT molecular complexity index is 752. The highest BCUT2D eigenvalue weighted by Gasteiger charge is 2.34. The van der Waals surface area contributed by atoms with Crippen LogP contribution in [0.5, 0.6) is 0 Å². The van der Waals surface area contributed by atoms with E-state index in [0.717, 1.165) is 22.3 Å². The number of fused-ring (bicyclic) bond motifs is 1. The fraction of sp³-hybridized carbons (Fsp3) is 0.235. The highest BCUT2D eigenvalue weighted by Crippen LogP contribution is 2.40. The van der Waals surface area contributed by atoms with E-state index in [1.807, 2.05) is 12.1 Å². The minimum absolute atomic E-state index is 0.0866. The van der Waals surface area contributed by atoms with Gasteiger partial charge >= 0.3 is 0 Å². The monoisotopic (exact) mass is 303 g/mol. The molecule has 0 amide bonds. The Kier molecular flexibility index (Phi) is 3.25. The van der Waals surface area contributed by atoms with E-state index in [9.17, 15) is 4.39 Å². The molecule has 0 atom stereocenters. The first-order valence-corrected chi connectivity index (χ1v) is 7.11. The predicted octanol–water partition coefficient (Wildman–Crippen LogP) is 5.01. The van der Waals surface area contributed by atoms with Crippen LogP contribution in [0.3, 0.4) is 0 Å². The predicted molar refractivity (Wildman–Crippen MR) is 82.8 cm³/mol. The molecule has 21 heavy (non-hydrogen) atoms. The second kappa shape index (κ2) is 4.85. The third-order valence-corrected chi connectivity index (χ3v) is 4.33. The lowest BCUT2D eigenvalue weighted by molar-refractivity contribution is 0.317. The number of hydrogen-bond acceptors (Lipinski definition) is 2. The minimum atomic E-state index is -0.420. The molecule has 0 aromatic heterocycles. The summed E-state index contributed by atoms with van der Waals surface area (Å²) in [6.45, 7) is 4.23. The van der Waals surface area contributed by atoms with Crippen molar-refractivity contribution < 1.29 is 9.60 Å². The van der Waals surface area contributed by atoms with Gasteiger partial charge in [-0.25, -0.2) is 4.39 Å². The fourth-order valence-corrected chi connectivity index (χ4v) is 3.09. The van der Waals surface area contributed by atoms with E-state index in [0.29, 0.717) is 12.1 Å². The molecule has 0 spiro atoms. The average Bonchev–Trinajstić information content (AvgIpc) is 2.73. The van der Waals surface area contributed by atoms with E-state index in [2.05, 4.69) is 25.1 Å². The normalized spacial score (nSPS) is 18.0. The standard InChI is InChI=1S/C17H15ClFNO/c1-17(2)9-16(20-21)12-5-3-10(7-13(12)17)11-4-6-15(19)14(18)8-11/h3-8,21H,9H2,1-2H3/b20-16+. The lowest BCUT2D eigenvalue weighted by Gasteiger charge is -2.18. The molecule has 2 aromatic rings. The molecule has 0 radical (unpaired) electrons. The van der Waals surface area contributed by atoms with Crippen LogP contribution in [-0.4, -0.2) is 10.9 Å². The van der Waals surface area contributed by atoms with Crippen molar-refractivity contribution in [3.63, 3.8) is 0 Å². The quantitative estimate of drug-likeness (QED) is 0.583. The van der Waals surface area contributed by atoms with Gasteiger partial charge in [0.05, 0.1) is 10.7 Å². The summed E-state index contributed by atoms with van der Waals surface area (Å²) >= 11 is 5.86. The van der Waals surface area contributed by atoms with Gasteiger partial charge in [-0.15, -0.1) is 0 Å². The van der Waals surface area contributed by atoms with Gasteiger partial charge in [-0.2, -0.15) is 0 Å². The lowest BCUT2D eigenvalue weighted by atomic mass is 9.85. The number of halogens is 2. The maximum Gasteiger partial charge on any atom is 0.141 e. The molecular formula is C17H15ClFNO. The summed E-state index contributed by atoms with van der Waals surface area (Å²) in [7, 11) is 0. The Morgan fingerprint density at radius 2 is 1.81 bits per heavy atom. The molecular weight excluding hydrogens is 289 g/mol. The van der Waals surface area contributed by atoms with Crippen LogP contribution in [0, 0.1) is 5.82 Å². The van der Waals surface area contributed by atoms with Gasteiger partial charge in [0.15, 0.2) is 0 Å². The first-order valence-electron chi connectivity index (χ1n) is 6.73. The van der Waals surface area contributed by atoms with Gasteiger partial charge in [-0.05, 0) is 40.3 Å². The Labute approximate surface area is 127 Å². The number of benzene rings is 2. The smallest absolute Gasteiger partial charge is 0.141 e. The summed E-state index contributed by atoms with van der Waals surface area (Å²) in [6, 6.07) is 10.7. The number of hydrogen-bond donors (Lipinski definition) is 1. The summed E-state index contributed by atoms with van der Waals surface area (Å²) in [4.78, 5) is 0. The molecule has 0 fully saturated rings. The SMILES string of the molecule is CC1(C)C/C(=N\O)c2ccc(-c3ccc(F)c(Cl)c3)cc21. The second-order valence-electron chi connectivity index (χ2n) is 6.00. The molecule has 2 nitrogen and oxygen atoms in total. The lowest BCUT2D eigenvalue weighted by Crippen LogP contribution is -2.12. The molecule has 1 N–H and O–H groups in total. The van der Waals surface area contributed by atoms with Crippen molar-refractivity contribution in [3.05, 3.63) is 58.4 Å². The van der Waals surface area contributed by atoms with Crippen molar-refractivity contribution in [2.45, 2.75) is 25.7 Å². The molecule has 108 valence electrons. The van der Waals surface area contributed by atoms with E-state index < -0.39 is 5.82 Å². The van der Waals surface area contributed by atoms with Gasteiger partial charge in [-0.1, -0.05) is 48.8 Å². The largest absolute Gasteiger partial charge is 0.411 e. The first kappa shape index (κ1) is 14.1. The van der Waals surface area contributed by atoms with Gasteiger partial charge in [0.2, 0.25) is 0 Å². The van der Waals surface area contributed by atoms with Crippen LogP contribution in [0.1, 0.15) is 31.4 Å². The Morgan fingerprint density at radius 1 is 1.14 bits per heavy atom. The molecule has 0 bridgehead atoms. The maximum atomic E-state index is 13.3. The van der Waals surface area contributed by atoms with Crippen molar-refractivity contribution >= 4 is 17.3 Å². The number of nitrogens with zero attached hydrogens (tertiary/aromatic N) is 1. The zero-order valence-corrected chi connectivity index (χ0v) is 12.6. The molecule has 4 heteroatoms. The van der Waals surface area contributed by atoms with Crippen LogP contribution >= 0.6 is 11.6 Å². The van der Waals surface area contributed by atoms with Crippen LogP contribution in [0.15, 0.2) is 41.6 Å². The van der Waals surface area contributed by atoms with E-state index in [4.69, 9.17) is 16.8 Å². The molecule has 0 unspecified atom stereocenters. The van der Waals surface area contributed by atoms with Crippen LogP contribution in [-0.2, 0) is 5.41 Å². The van der Waals surface area contributed by atoms with Crippen molar-refractivity contribution in [1.29, 1.82) is 0 Å². The van der Waals surface area contributed by atoms with Gasteiger partial charge in [0.1, 0.15) is 5.82 Å². The topological polar surface area (TPSA) is 32.6 Å². The van der Waals surface area contributed by atoms with Gasteiger partial charge < -0.3 is 5.21 Å². The van der Waals surface area contributed by atoms with Crippen LogP contribution in [0.4, 0.5) is 4.39 Å². The number of oxime groups is 1. The van der Waals surface area contributed by atoms with E-state index >= 15 is 0 Å². The van der Waals surface area contributed by atoms with Crippen molar-refractivity contribution in [2.24, 2.45) is 5.16 Å². The molecule has 1 aliphatic rings. The Balaban J connectivity index is 2.14. The first-order chi connectivity index (χ1) is 9.92. The molecule has 0 saturated carbocycles. The van der Waals surface area contributed by atoms with Crippen LogP contribution in [0.2, 0.25) is 5.02 Å². The van der Waals surface area contributed by atoms with Gasteiger partial charge in [0, 0.05) is 12.0 Å². The fourth-order valence-electron chi connectivity index (χ4n) is 2.91. The van der Waals surface area contributed by atoms with Crippen LogP contribution < -0.4 is 0 Å². The molecule has 0 saturated heterocycles. The van der Waals surface area contributed by atoms with Crippen molar-refractivity contribution in [2.75, 3.05) is 0 Å². The molecule has 3 rings (SSSR count). The number of rotatable bonds is 1. The van der Waals surface area contributed by atoms with Crippen LogP contribution in [0.25, 0.3) is 11.1 Å². The summed E-state index contributed by atoms with van der Waals surface area (Å²) in [6.07, 6.45) is 0.701. The van der Waals surface area contributed by atoms with Gasteiger partial charge in [0.25, 0.3) is 0 Å². The summed E-state index contributed by atoms with van der Waals surface area (Å²) in [5.74, 6) is -0.420. The third-order valence-electron chi connectivity index (χ3n) is 4.04. The maximum absolute atomic E-state index is 13.3. The van der Waals surface area contributed by atoms with E-state index in [1.165, 1.54) is 6.07 Å². The Hall–Kier alpha value is -1.87. The second-order valence-corrected chi connectivity index (χ2v) is 6.40. The zero-order valence-electron chi connectivity index (χ0n) is 11.8. The highest BCUT2D eigenvalue weighted by molar-refractivity contribution is 6.31. The van der Waals surface area contributed by atoms with E-state index in [1.54, 1.807) is 12.1 Å². The molecule has 0 aliphatic heterocycles. The Morgan fingerprint density at radius 3 is 2.48 bits per heavy atom. The molecule has 1 aliphatic carbocycles.